The van der Waals surface area contributed by atoms with Crippen LogP contribution in [0.15, 0.2) is 33.9 Å². The Morgan fingerprint density at radius 1 is 1.25 bits per heavy atom. The first-order chi connectivity index (χ1) is 9.48. The average Bonchev–Trinajstić information content (AvgIpc) is 2.86. The van der Waals surface area contributed by atoms with E-state index in [1.807, 2.05) is 12.1 Å². The highest BCUT2D eigenvalue weighted by atomic mass is 32.2. The van der Waals surface area contributed by atoms with Crippen LogP contribution in [0.4, 0.5) is 0 Å². The van der Waals surface area contributed by atoms with Crippen molar-refractivity contribution in [3.05, 3.63) is 24.3 Å². The van der Waals surface area contributed by atoms with Gasteiger partial charge in [-0.25, -0.2) is 8.42 Å². The van der Waals surface area contributed by atoms with Crippen molar-refractivity contribution >= 4 is 21.6 Å². The van der Waals surface area contributed by atoms with Gasteiger partial charge in [-0.15, -0.1) is 10.2 Å². The predicted octanol–water partition coefficient (Wildman–Crippen LogP) is 1.88. The van der Waals surface area contributed by atoms with E-state index in [0.29, 0.717) is 16.9 Å². The third-order valence-electron chi connectivity index (χ3n) is 2.42. The minimum atomic E-state index is -2.97. The highest BCUT2D eigenvalue weighted by molar-refractivity contribution is 8.00. The van der Waals surface area contributed by atoms with Crippen molar-refractivity contribution in [2.24, 2.45) is 0 Å². The molecule has 0 saturated heterocycles. The first-order valence-corrected chi connectivity index (χ1v) is 8.81. The lowest BCUT2D eigenvalue weighted by molar-refractivity contribution is 0.414. The van der Waals surface area contributed by atoms with Crippen molar-refractivity contribution in [3.63, 3.8) is 0 Å². The van der Waals surface area contributed by atoms with Gasteiger partial charge in [-0.05, 0) is 24.3 Å². The van der Waals surface area contributed by atoms with E-state index in [-0.39, 0.29) is 5.75 Å². The van der Waals surface area contributed by atoms with Crippen molar-refractivity contribution in [3.8, 4) is 17.2 Å². The van der Waals surface area contributed by atoms with Crippen LogP contribution in [0.2, 0.25) is 0 Å². The zero-order valence-corrected chi connectivity index (χ0v) is 12.7. The van der Waals surface area contributed by atoms with Gasteiger partial charge in [0.05, 0.1) is 12.9 Å². The molecule has 0 spiro atoms. The van der Waals surface area contributed by atoms with Gasteiger partial charge in [0.2, 0.25) is 5.89 Å². The normalized spacial score (nSPS) is 11.5. The van der Waals surface area contributed by atoms with Gasteiger partial charge in [0, 0.05) is 17.6 Å². The second-order valence-corrected chi connectivity index (χ2v) is 7.39. The fraction of sp³-hybridized carbons (Fsp3) is 0.333. The SMILES string of the molecule is COc1ccc(-c2nnc(SCCS(C)(=O)=O)o2)cc1. The van der Waals surface area contributed by atoms with Crippen LogP contribution in [-0.2, 0) is 9.84 Å². The number of methoxy groups -OCH3 is 1. The zero-order valence-electron chi connectivity index (χ0n) is 11.1. The summed E-state index contributed by atoms with van der Waals surface area (Å²) in [6.07, 6.45) is 1.20. The number of hydrogen-bond donors (Lipinski definition) is 0. The molecule has 0 fully saturated rings. The summed E-state index contributed by atoms with van der Waals surface area (Å²) in [5.41, 5.74) is 0.785. The van der Waals surface area contributed by atoms with Gasteiger partial charge in [0.15, 0.2) is 0 Å². The maximum atomic E-state index is 11.0. The number of thioether (sulfide) groups is 1. The number of sulfone groups is 1. The van der Waals surface area contributed by atoms with Gasteiger partial charge in [-0.1, -0.05) is 11.8 Å². The molecule has 0 atom stereocenters. The van der Waals surface area contributed by atoms with Crippen molar-refractivity contribution in [1.82, 2.24) is 10.2 Å². The molecule has 0 saturated carbocycles. The molecule has 2 rings (SSSR count). The largest absolute Gasteiger partial charge is 0.497 e. The van der Waals surface area contributed by atoms with E-state index in [9.17, 15) is 8.42 Å². The summed E-state index contributed by atoms with van der Waals surface area (Å²) >= 11 is 1.23. The molecular weight excluding hydrogens is 300 g/mol. The molecule has 0 aliphatic carbocycles. The Labute approximate surface area is 121 Å². The van der Waals surface area contributed by atoms with Gasteiger partial charge in [-0.2, -0.15) is 0 Å². The van der Waals surface area contributed by atoms with E-state index in [0.717, 1.165) is 11.3 Å². The molecule has 108 valence electrons. The Morgan fingerprint density at radius 2 is 1.95 bits per heavy atom. The molecule has 6 nitrogen and oxygen atoms in total. The molecule has 1 heterocycles. The molecule has 8 heteroatoms. The quantitative estimate of drug-likeness (QED) is 0.753. The van der Waals surface area contributed by atoms with Crippen molar-refractivity contribution in [2.45, 2.75) is 5.22 Å². The van der Waals surface area contributed by atoms with Gasteiger partial charge < -0.3 is 9.15 Å². The van der Waals surface area contributed by atoms with Gasteiger partial charge in [-0.3, -0.25) is 0 Å². The van der Waals surface area contributed by atoms with Crippen LogP contribution in [0.1, 0.15) is 0 Å². The molecule has 0 N–H and O–H groups in total. The summed E-state index contributed by atoms with van der Waals surface area (Å²) in [6, 6.07) is 7.24. The van der Waals surface area contributed by atoms with E-state index in [2.05, 4.69) is 10.2 Å². The third-order valence-corrected chi connectivity index (χ3v) is 4.45. The molecule has 1 aromatic heterocycles. The molecule has 0 aliphatic rings. The standard InChI is InChI=1S/C12H14N2O4S2/c1-17-10-5-3-9(4-6-10)11-13-14-12(18-11)19-7-8-20(2,15)16/h3-6H,7-8H2,1-2H3. The van der Waals surface area contributed by atoms with E-state index < -0.39 is 9.84 Å². The summed E-state index contributed by atoms with van der Waals surface area (Å²) in [5, 5.41) is 8.16. The summed E-state index contributed by atoms with van der Waals surface area (Å²) < 4.78 is 32.6. The van der Waals surface area contributed by atoms with E-state index in [1.165, 1.54) is 18.0 Å². The lowest BCUT2D eigenvalue weighted by Gasteiger charge is -1.99. The minimum absolute atomic E-state index is 0.0813. The molecule has 2 aromatic rings. The van der Waals surface area contributed by atoms with Crippen molar-refractivity contribution < 1.29 is 17.6 Å². The highest BCUT2D eigenvalue weighted by Gasteiger charge is 2.10. The maximum absolute atomic E-state index is 11.0. The highest BCUT2D eigenvalue weighted by Crippen LogP contribution is 2.24. The van der Waals surface area contributed by atoms with Crippen LogP contribution in [0, 0.1) is 0 Å². The second-order valence-electron chi connectivity index (χ2n) is 4.08. The van der Waals surface area contributed by atoms with Crippen LogP contribution in [-0.4, -0.2) is 43.5 Å². The van der Waals surface area contributed by atoms with Crippen LogP contribution in [0.25, 0.3) is 11.5 Å². The fourth-order valence-corrected chi connectivity index (χ4v) is 3.35. The second kappa shape index (κ2) is 6.27. The first kappa shape index (κ1) is 14.9. The minimum Gasteiger partial charge on any atom is -0.497 e. The Morgan fingerprint density at radius 3 is 2.55 bits per heavy atom. The number of ether oxygens (including phenoxy) is 1. The number of hydrogen-bond acceptors (Lipinski definition) is 7. The summed E-state index contributed by atoms with van der Waals surface area (Å²) in [4.78, 5) is 0. The summed E-state index contributed by atoms with van der Waals surface area (Å²) in [7, 11) is -1.38. The lowest BCUT2D eigenvalue weighted by atomic mass is 10.2. The van der Waals surface area contributed by atoms with Crippen LogP contribution in [0.3, 0.4) is 0 Å². The van der Waals surface area contributed by atoms with Gasteiger partial charge >= 0.3 is 0 Å². The molecule has 0 radical (unpaired) electrons. The predicted molar refractivity (Wildman–Crippen MR) is 76.7 cm³/mol. The summed E-state index contributed by atoms with van der Waals surface area (Å²) in [5.74, 6) is 1.62. The number of benzene rings is 1. The molecule has 0 bridgehead atoms. The van der Waals surface area contributed by atoms with E-state index in [4.69, 9.17) is 9.15 Å². The number of rotatable bonds is 6. The Kier molecular flexibility index (Phi) is 4.66. The van der Waals surface area contributed by atoms with E-state index in [1.54, 1.807) is 19.2 Å². The van der Waals surface area contributed by atoms with Crippen molar-refractivity contribution in [2.75, 3.05) is 24.9 Å². The molecule has 0 aliphatic heterocycles. The van der Waals surface area contributed by atoms with Crippen LogP contribution < -0.4 is 4.74 Å². The topological polar surface area (TPSA) is 82.3 Å². The number of aromatic nitrogens is 2. The lowest BCUT2D eigenvalue weighted by Crippen LogP contribution is -2.04. The molecule has 0 amide bonds. The maximum Gasteiger partial charge on any atom is 0.276 e. The third kappa shape index (κ3) is 4.24. The smallest absolute Gasteiger partial charge is 0.276 e. The van der Waals surface area contributed by atoms with Gasteiger partial charge in [0.25, 0.3) is 5.22 Å². The van der Waals surface area contributed by atoms with Crippen LogP contribution in [0.5, 0.6) is 5.75 Å². The van der Waals surface area contributed by atoms with E-state index >= 15 is 0 Å². The molecule has 0 unspecified atom stereocenters. The Hall–Kier alpha value is -1.54. The van der Waals surface area contributed by atoms with Gasteiger partial charge in [0.1, 0.15) is 15.6 Å². The van der Waals surface area contributed by atoms with Crippen molar-refractivity contribution in [1.29, 1.82) is 0 Å². The summed E-state index contributed by atoms with van der Waals surface area (Å²) in [6.45, 7) is 0. The molecular formula is C12H14N2O4S2. The fourth-order valence-electron chi connectivity index (χ4n) is 1.40. The zero-order chi connectivity index (χ0) is 14.6. The monoisotopic (exact) mass is 314 g/mol. The Balaban J connectivity index is 2.01. The average molecular weight is 314 g/mol. The molecule has 20 heavy (non-hydrogen) atoms. The first-order valence-electron chi connectivity index (χ1n) is 5.76. The van der Waals surface area contributed by atoms with Crippen LogP contribution >= 0.6 is 11.8 Å². The number of nitrogens with zero attached hydrogens (tertiary/aromatic N) is 2. The molecule has 1 aromatic carbocycles. The Bertz CT molecular complexity index is 665.